The van der Waals surface area contributed by atoms with Gasteiger partial charge in [-0.1, -0.05) is 17.7 Å². The van der Waals surface area contributed by atoms with Crippen molar-refractivity contribution in [2.75, 3.05) is 14.2 Å². The fraction of sp³-hybridized carbons (Fsp3) is 0.333. The lowest BCUT2D eigenvalue weighted by Crippen LogP contribution is -2.25. The largest absolute Gasteiger partial charge is 0.497 e. The zero-order valence-electron chi connectivity index (χ0n) is 7.67. The van der Waals surface area contributed by atoms with Gasteiger partial charge in [-0.15, -0.1) is 0 Å². The average Bonchev–Trinajstić information content (AvgIpc) is 2.16. The molecule has 1 atom stereocenters. The second-order valence-electron chi connectivity index (χ2n) is 2.65. The van der Waals surface area contributed by atoms with Crippen molar-refractivity contribution < 1.29 is 4.74 Å². The number of benzene rings is 1. The molecule has 0 aliphatic rings. The van der Waals surface area contributed by atoms with Crippen LogP contribution in [0.3, 0.4) is 0 Å². The molecule has 0 heterocycles. The smallest absolute Gasteiger partial charge is 0.120 e. The van der Waals surface area contributed by atoms with Crippen LogP contribution in [0.5, 0.6) is 5.75 Å². The highest BCUT2D eigenvalue weighted by Gasteiger charge is 2.08. The minimum atomic E-state index is -0.238. The molecule has 13 heavy (non-hydrogen) atoms. The Morgan fingerprint density at radius 1 is 1.54 bits per heavy atom. The normalized spacial score (nSPS) is 12.6. The molecule has 1 aromatic rings. The first kappa shape index (κ1) is 10.3. The summed E-state index contributed by atoms with van der Waals surface area (Å²) in [5.41, 5.74) is 6.62. The van der Waals surface area contributed by atoms with Crippen LogP contribution in [0, 0.1) is 0 Å². The van der Waals surface area contributed by atoms with Gasteiger partial charge >= 0.3 is 0 Å². The van der Waals surface area contributed by atoms with E-state index in [0.29, 0.717) is 5.02 Å². The first-order valence-corrected chi connectivity index (χ1v) is 4.33. The van der Waals surface area contributed by atoms with Crippen LogP contribution in [0.2, 0.25) is 5.02 Å². The first-order valence-electron chi connectivity index (χ1n) is 3.95. The van der Waals surface area contributed by atoms with E-state index >= 15 is 0 Å². The maximum atomic E-state index is 5.98. The summed E-state index contributed by atoms with van der Waals surface area (Å²) < 4.78 is 5.02. The minimum absolute atomic E-state index is 0.238. The Bertz CT molecular complexity index is 291. The van der Waals surface area contributed by atoms with Crippen molar-refractivity contribution in [2.24, 2.45) is 5.73 Å². The molecule has 0 aliphatic carbocycles. The van der Waals surface area contributed by atoms with Crippen LogP contribution >= 0.6 is 11.6 Å². The maximum Gasteiger partial charge on any atom is 0.120 e. The molecule has 0 fully saturated rings. The number of nitrogens with two attached hydrogens (primary N) is 1. The molecule has 1 rings (SSSR count). The van der Waals surface area contributed by atoms with Gasteiger partial charge in [-0.2, -0.15) is 0 Å². The van der Waals surface area contributed by atoms with Crippen molar-refractivity contribution in [3.63, 3.8) is 0 Å². The molecule has 0 radical (unpaired) electrons. The highest BCUT2D eigenvalue weighted by molar-refractivity contribution is 6.31. The molecule has 0 bridgehead atoms. The highest BCUT2D eigenvalue weighted by atomic mass is 35.5. The Labute approximate surface area is 82.8 Å². The van der Waals surface area contributed by atoms with Gasteiger partial charge in [-0.25, -0.2) is 0 Å². The van der Waals surface area contributed by atoms with Crippen LogP contribution in [0.15, 0.2) is 18.2 Å². The predicted octanol–water partition coefficient (Wildman–Crippen LogP) is 1.53. The zero-order valence-corrected chi connectivity index (χ0v) is 8.43. The van der Waals surface area contributed by atoms with E-state index in [9.17, 15) is 0 Å². The first-order chi connectivity index (χ1) is 6.19. The standard InChI is InChI=1S/C9H13ClN2O/c1-12-9(11)7-4-3-6(13-2)5-8(7)10/h3-5,9,12H,11H2,1-2H3. The average molecular weight is 201 g/mol. The van der Waals surface area contributed by atoms with Gasteiger partial charge < -0.3 is 15.8 Å². The fourth-order valence-electron chi connectivity index (χ4n) is 1.04. The summed E-state index contributed by atoms with van der Waals surface area (Å²) in [4.78, 5) is 0. The molecule has 0 aliphatic heterocycles. The third-order valence-electron chi connectivity index (χ3n) is 1.85. The summed E-state index contributed by atoms with van der Waals surface area (Å²) in [5, 5.41) is 3.52. The van der Waals surface area contributed by atoms with E-state index in [0.717, 1.165) is 11.3 Å². The molecule has 0 amide bonds. The minimum Gasteiger partial charge on any atom is -0.497 e. The number of hydrogen-bond acceptors (Lipinski definition) is 3. The van der Waals surface area contributed by atoms with E-state index in [1.165, 1.54) is 0 Å². The van der Waals surface area contributed by atoms with E-state index in [1.54, 1.807) is 20.2 Å². The number of methoxy groups -OCH3 is 1. The summed E-state index contributed by atoms with van der Waals surface area (Å²) in [6, 6.07) is 5.43. The van der Waals surface area contributed by atoms with Crippen molar-refractivity contribution in [3.8, 4) is 5.75 Å². The van der Waals surface area contributed by atoms with Crippen LogP contribution in [-0.2, 0) is 0 Å². The lowest BCUT2D eigenvalue weighted by atomic mass is 10.1. The van der Waals surface area contributed by atoms with Crippen molar-refractivity contribution in [1.29, 1.82) is 0 Å². The van der Waals surface area contributed by atoms with Gasteiger partial charge in [0.25, 0.3) is 0 Å². The van der Waals surface area contributed by atoms with E-state index in [1.807, 2.05) is 12.1 Å². The molecular formula is C9H13ClN2O. The lowest BCUT2D eigenvalue weighted by Gasteiger charge is -2.13. The third kappa shape index (κ3) is 2.34. The molecule has 0 spiro atoms. The van der Waals surface area contributed by atoms with Gasteiger partial charge in [0.2, 0.25) is 0 Å². The molecular weight excluding hydrogens is 188 g/mol. The molecule has 0 saturated heterocycles. The van der Waals surface area contributed by atoms with Crippen LogP contribution in [0.4, 0.5) is 0 Å². The van der Waals surface area contributed by atoms with Crippen molar-refractivity contribution in [1.82, 2.24) is 5.32 Å². The van der Waals surface area contributed by atoms with E-state index in [-0.39, 0.29) is 6.17 Å². The van der Waals surface area contributed by atoms with Crippen LogP contribution in [0.25, 0.3) is 0 Å². The Morgan fingerprint density at radius 2 is 2.23 bits per heavy atom. The quantitative estimate of drug-likeness (QED) is 0.728. The number of ether oxygens (including phenoxy) is 1. The zero-order chi connectivity index (χ0) is 9.84. The van der Waals surface area contributed by atoms with Crippen LogP contribution in [0.1, 0.15) is 11.7 Å². The third-order valence-corrected chi connectivity index (χ3v) is 2.18. The number of hydrogen-bond donors (Lipinski definition) is 2. The Hall–Kier alpha value is -0.770. The molecule has 72 valence electrons. The van der Waals surface area contributed by atoms with Crippen LogP contribution in [-0.4, -0.2) is 14.2 Å². The van der Waals surface area contributed by atoms with Crippen molar-refractivity contribution in [2.45, 2.75) is 6.17 Å². The van der Waals surface area contributed by atoms with Gasteiger partial charge in [0.1, 0.15) is 5.75 Å². The molecule has 1 unspecified atom stereocenters. The summed E-state index contributed by atoms with van der Waals surface area (Å²) in [5.74, 6) is 0.733. The van der Waals surface area contributed by atoms with Crippen molar-refractivity contribution in [3.05, 3.63) is 28.8 Å². The number of rotatable bonds is 3. The monoisotopic (exact) mass is 200 g/mol. The Balaban J connectivity index is 2.98. The highest BCUT2D eigenvalue weighted by Crippen LogP contribution is 2.24. The summed E-state index contributed by atoms with van der Waals surface area (Å²) >= 11 is 5.98. The summed E-state index contributed by atoms with van der Waals surface area (Å²) in [6.07, 6.45) is -0.238. The van der Waals surface area contributed by atoms with Gasteiger partial charge in [0.15, 0.2) is 0 Å². The topological polar surface area (TPSA) is 47.3 Å². The van der Waals surface area contributed by atoms with E-state index < -0.39 is 0 Å². The predicted molar refractivity (Wildman–Crippen MR) is 54.0 cm³/mol. The van der Waals surface area contributed by atoms with E-state index in [4.69, 9.17) is 22.1 Å². The molecule has 3 nitrogen and oxygen atoms in total. The summed E-state index contributed by atoms with van der Waals surface area (Å²) in [7, 11) is 3.38. The lowest BCUT2D eigenvalue weighted by molar-refractivity contribution is 0.414. The van der Waals surface area contributed by atoms with Crippen molar-refractivity contribution >= 4 is 11.6 Å². The Morgan fingerprint density at radius 3 is 2.69 bits per heavy atom. The molecule has 0 saturated carbocycles. The molecule has 1 aromatic carbocycles. The molecule has 4 heteroatoms. The van der Waals surface area contributed by atoms with Gasteiger partial charge in [-0.05, 0) is 19.2 Å². The molecule has 0 aromatic heterocycles. The second-order valence-corrected chi connectivity index (χ2v) is 3.06. The second kappa shape index (κ2) is 4.46. The van der Waals surface area contributed by atoms with E-state index in [2.05, 4.69) is 5.32 Å². The SMILES string of the molecule is CNC(N)c1ccc(OC)cc1Cl. The van der Waals surface area contributed by atoms with Crippen LogP contribution < -0.4 is 15.8 Å². The Kier molecular flexibility index (Phi) is 3.54. The summed E-state index contributed by atoms with van der Waals surface area (Å²) in [6.45, 7) is 0. The fourth-order valence-corrected chi connectivity index (χ4v) is 1.33. The molecule has 3 N–H and O–H groups in total. The number of nitrogens with one attached hydrogen (secondary N) is 1. The van der Waals surface area contributed by atoms with Gasteiger partial charge in [0.05, 0.1) is 18.3 Å². The van der Waals surface area contributed by atoms with Gasteiger partial charge in [-0.3, -0.25) is 0 Å². The maximum absolute atomic E-state index is 5.98. The van der Waals surface area contributed by atoms with Gasteiger partial charge in [0, 0.05) is 5.56 Å². The number of halogens is 1.